The second-order valence-electron chi connectivity index (χ2n) is 4.81. The molecule has 0 bridgehead atoms. The molecule has 0 aliphatic heterocycles. The number of phenolic OH excluding ortho intramolecular Hbond substituents is 1. The van der Waals surface area contributed by atoms with E-state index in [-0.39, 0.29) is 12.4 Å². The summed E-state index contributed by atoms with van der Waals surface area (Å²) in [5.41, 5.74) is 0.709. The predicted octanol–water partition coefficient (Wildman–Crippen LogP) is 0.942. The van der Waals surface area contributed by atoms with E-state index < -0.39 is 0 Å². The van der Waals surface area contributed by atoms with Crippen LogP contribution >= 0.6 is 0 Å². The number of hydrogen-bond donors (Lipinski definition) is 3. The van der Waals surface area contributed by atoms with E-state index in [1.165, 1.54) is 0 Å². The van der Waals surface area contributed by atoms with Gasteiger partial charge in [0.1, 0.15) is 17.9 Å². The second kappa shape index (κ2) is 7.03. The summed E-state index contributed by atoms with van der Waals surface area (Å²) in [6.07, 6.45) is 5.03. The molecule has 23 heavy (non-hydrogen) atoms. The van der Waals surface area contributed by atoms with E-state index in [9.17, 15) is 5.11 Å². The number of aliphatic hydroxyl groups excluding tert-OH is 1. The van der Waals surface area contributed by atoms with Crippen molar-refractivity contribution >= 4 is 16.7 Å². The molecular formula is C15H17N5O3. The minimum Gasteiger partial charge on any atom is -0.508 e. The minimum atomic E-state index is -0.00487. The molecule has 0 unspecified atom stereocenters. The number of aromatic hydroxyl groups is 1. The molecule has 0 fully saturated rings. The van der Waals surface area contributed by atoms with Gasteiger partial charge in [0.15, 0.2) is 0 Å². The van der Waals surface area contributed by atoms with Crippen molar-refractivity contribution < 1.29 is 14.9 Å². The number of benzene rings is 1. The maximum Gasteiger partial charge on any atom is 0.237 e. The number of nitrogens with zero attached hydrogens (tertiary/aromatic N) is 4. The highest BCUT2D eigenvalue weighted by Gasteiger charge is 2.09. The van der Waals surface area contributed by atoms with Gasteiger partial charge in [0.25, 0.3) is 0 Å². The topological polar surface area (TPSA) is 105 Å². The van der Waals surface area contributed by atoms with Crippen molar-refractivity contribution in [3.8, 4) is 11.7 Å². The number of ether oxygens (including phenoxy) is 1. The second-order valence-corrected chi connectivity index (χ2v) is 4.81. The van der Waals surface area contributed by atoms with E-state index in [1.807, 2.05) is 0 Å². The molecular weight excluding hydrogens is 298 g/mol. The Morgan fingerprint density at radius 1 is 1.22 bits per heavy atom. The summed E-state index contributed by atoms with van der Waals surface area (Å²) in [6.45, 7) is 1.25. The van der Waals surface area contributed by atoms with Crippen molar-refractivity contribution in [3.05, 3.63) is 36.9 Å². The molecule has 0 saturated heterocycles. The van der Waals surface area contributed by atoms with Crippen molar-refractivity contribution in [1.82, 2.24) is 19.5 Å². The van der Waals surface area contributed by atoms with Gasteiger partial charge in [0.05, 0.1) is 25.3 Å². The molecule has 2 aromatic heterocycles. The number of fused-ring (bicyclic) bond motifs is 1. The fourth-order valence-electron chi connectivity index (χ4n) is 2.14. The Morgan fingerprint density at radius 2 is 2.13 bits per heavy atom. The molecule has 0 spiro atoms. The summed E-state index contributed by atoms with van der Waals surface area (Å²) in [7, 11) is 0. The highest BCUT2D eigenvalue weighted by Crippen LogP contribution is 2.25. The number of phenols is 1. The van der Waals surface area contributed by atoms with Crippen LogP contribution in [0, 0.1) is 0 Å². The standard InChI is InChI=1S/C15H17N5O3/c21-6-8-23-7-4-17-14-12-9-11(22)1-2-13(12)18-15(19-14)20-5-3-16-10-20/h1-3,5,9-10,21-22H,4,6-8H2,(H,17,18,19). The summed E-state index contributed by atoms with van der Waals surface area (Å²) in [6, 6.07) is 4.94. The Bertz CT molecular complexity index is 776. The zero-order chi connectivity index (χ0) is 16.1. The maximum atomic E-state index is 9.70. The van der Waals surface area contributed by atoms with Crippen LogP contribution in [0.4, 0.5) is 5.82 Å². The Hall–Kier alpha value is -2.71. The average Bonchev–Trinajstić information content (AvgIpc) is 3.09. The van der Waals surface area contributed by atoms with Gasteiger partial charge in [0, 0.05) is 24.3 Å². The van der Waals surface area contributed by atoms with Crippen molar-refractivity contribution in [2.24, 2.45) is 0 Å². The fourth-order valence-corrected chi connectivity index (χ4v) is 2.14. The first kappa shape index (κ1) is 15.2. The quantitative estimate of drug-likeness (QED) is 0.557. The SMILES string of the molecule is OCCOCCNc1nc(-n2ccnc2)nc2ccc(O)cc12. The molecule has 3 aromatic rings. The van der Waals surface area contributed by atoms with Crippen LogP contribution in [0.1, 0.15) is 0 Å². The summed E-state index contributed by atoms with van der Waals surface area (Å²) < 4.78 is 6.93. The van der Waals surface area contributed by atoms with Gasteiger partial charge in [-0.3, -0.25) is 4.57 Å². The first-order chi connectivity index (χ1) is 11.3. The van der Waals surface area contributed by atoms with Crippen LogP contribution in [0.5, 0.6) is 5.75 Å². The van der Waals surface area contributed by atoms with E-state index in [0.29, 0.717) is 37.0 Å². The summed E-state index contributed by atoms with van der Waals surface area (Å²) in [5, 5.41) is 22.3. The van der Waals surface area contributed by atoms with E-state index >= 15 is 0 Å². The third-order valence-corrected chi connectivity index (χ3v) is 3.18. The lowest BCUT2D eigenvalue weighted by Gasteiger charge is -2.11. The lowest BCUT2D eigenvalue weighted by molar-refractivity contribution is 0.0992. The number of nitrogens with one attached hydrogen (secondary N) is 1. The maximum absolute atomic E-state index is 9.70. The fraction of sp³-hybridized carbons (Fsp3) is 0.267. The van der Waals surface area contributed by atoms with Gasteiger partial charge < -0.3 is 20.3 Å². The lowest BCUT2D eigenvalue weighted by atomic mass is 10.2. The third-order valence-electron chi connectivity index (χ3n) is 3.18. The Balaban J connectivity index is 1.91. The first-order valence-electron chi connectivity index (χ1n) is 7.19. The summed E-state index contributed by atoms with van der Waals surface area (Å²) >= 11 is 0. The largest absolute Gasteiger partial charge is 0.508 e. The first-order valence-corrected chi connectivity index (χ1v) is 7.19. The van der Waals surface area contributed by atoms with Crippen LogP contribution in [-0.2, 0) is 4.74 Å². The molecule has 0 radical (unpaired) electrons. The molecule has 0 aliphatic rings. The molecule has 0 aliphatic carbocycles. The molecule has 0 amide bonds. The van der Waals surface area contributed by atoms with E-state index in [2.05, 4.69) is 20.3 Å². The zero-order valence-electron chi connectivity index (χ0n) is 12.4. The van der Waals surface area contributed by atoms with Crippen molar-refractivity contribution in [1.29, 1.82) is 0 Å². The van der Waals surface area contributed by atoms with Gasteiger partial charge in [-0.05, 0) is 18.2 Å². The molecule has 0 saturated carbocycles. The van der Waals surface area contributed by atoms with Crippen molar-refractivity contribution in [2.75, 3.05) is 31.7 Å². The van der Waals surface area contributed by atoms with Gasteiger partial charge in [-0.2, -0.15) is 4.98 Å². The van der Waals surface area contributed by atoms with Gasteiger partial charge in [-0.15, -0.1) is 0 Å². The number of aromatic nitrogens is 4. The van der Waals surface area contributed by atoms with Gasteiger partial charge in [-0.1, -0.05) is 0 Å². The summed E-state index contributed by atoms with van der Waals surface area (Å²) in [4.78, 5) is 13.0. The number of imidazole rings is 1. The highest BCUT2D eigenvalue weighted by molar-refractivity contribution is 5.90. The number of rotatable bonds is 7. The van der Waals surface area contributed by atoms with Crippen LogP contribution in [0.2, 0.25) is 0 Å². The molecule has 1 aromatic carbocycles. The van der Waals surface area contributed by atoms with Crippen LogP contribution in [-0.4, -0.2) is 56.1 Å². The van der Waals surface area contributed by atoms with Gasteiger partial charge >= 0.3 is 0 Å². The number of anilines is 1. The van der Waals surface area contributed by atoms with Crippen LogP contribution in [0.3, 0.4) is 0 Å². The van der Waals surface area contributed by atoms with Crippen molar-refractivity contribution in [2.45, 2.75) is 0 Å². The lowest BCUT2D eigenvalue weighted by Crippen LogP contribution is -2.13. The number of aliphatic hydroxyl groups is 1. The number of hydrogen-bond acceptors (Lipinski definition) is 7. The summed E-state index contributed by atoms with van der Waals surface area (Å²) in [5.74, 6) is 1.23. The molecule has 8 nitrogen and oxygen atoms in total. The smallest absolute Gasteiger partial charge is 0.237 e. The predicted molar refractivity (Wildman–Crippen MR) is 84.7 cm³/mol. The van der Waals surface area contributed by atoms with E-state index in [1.54, 1.807) is 41.5 Å². The molecule has 3 N–H and O–H groups in total. The zero-order valence-corrected chi connectivity index (χ0v) is 12.4. The van der Waals surface area contributed by atoms with Gasteiger partial charge in [-0.25, -0.2) is 9.97 Å². The monoisotopic (exact) mass is 315 g/mol. The van der Waals surface area contributed by atoms with Crippen molar-refractivity contribution in [3.63, 3.8) is 0 Å². The molecule has 2 heterocycles. The van der Waals surface area contributed by atoms with E-state index in [4.69, 9.17) is 9.84 Å². The van der Waals surface area contributed by atoms with Crippen LogP contribution < -0.4 is 5.32 Å². The average molecular weight is 315 g/mol. The molecule has 8 heteroatoms. The third kappa shape index (κ3) is 3.55. The normalized spacial score (nSPS) is 11.0. The van der Waals surface area contributed by atoms with Crippen LogP contribution in [0.25, 0.3) is 16.9 Å². The Labute approximate surface area is 132 Å². The minimum absolute atomic E-state index is 0.00487. The van der Waals surface area contributed by atoms with Gasteiger partial charge in [0.2, 0.25) is 5.95 Å². The molecule has 0 atom stereocenters. The molecule has 120 valence electrons. The van der Waals surface area contributed by atoms with Crippen LogP contribution in [0.15, 0.2) is 36.9 Å². The Kier molecular flexibility index (Phi) is 4.65. The Morgan fingerprint density at radius 3 is 2.91 bits per heavy atom. The van der Waals surface area contributed by atoms with E-state index in [0.717, 1.165) is 5.39 Å². The molecule has 3 rings (SSSR count). The highest BCUT2D eigenvalue weighted by atomic mass is 16.5.